The molecule has 0 saturated heterocycles. The Morgan fingerprint density at radius 2 is 1.38 bits per heavy atom. The van der Waals surface area contributed by atoms with E-state index in [0.717, 1.165) is 36.5 Å². The van der Waals surface area contributed by atoms with Crippen LogP contribution in [0.2, 0.25) is 0 Å². The quantitative estimate of drug-likeness (QED) is 0.334. The normalized spacial score (nSPS) is 27.6. The molecule has 2 aliphatic rings. The van der Waals surface area contributed by atoms with Crippen LogP contribution in [0.25, 0.3) is 0 Å². The second-order valence-electron chi connectivity index (χ2n) is 9.36. The van der Waals surface area contributed by atoms with E-state index in [4.69, 9.17) is 0 Å². The van der Waals surface area contributed by atoms with Crippen LogP contribution in [0.4, 0.5) is 0 Å². The summed E-state index contributed by atoms with van der Waals surface area (Å²) in [5.74, 6) is 3.50. The van der Waals surface area contributed by atoms with Crippen molar-refractivity contribution in [1.29, 1.82) is 0 Å². The number of allylic oxidation sites excluding steroid dienone is 5. The van der Waals surface area contributed by atoms with Gasteiger partial charge in [0.15, 0.2) is 0 Å². The van der Waals surface area contributed by atoms with E-state index < -0.39 is 0 Å². The van der Waals surface area contributed by atoms with Crippen molar-refractivity contribution in [3.63, 3.8) is 0 Å². The molecule has 3 rings (SSSR count). The summed E-state index contributed by atoms with van der Waals surface area (Å²) in [6, 6.07) is 9.23. The minimum Gasteiger partial charge on any atom is -0.103 e. The van der Waals surface area contributed by atoms with Crippen LogP contribution < -0.4 is 0 Å². The third kappa shape index (κ3) is 9.20. The topological polar surface area (TPSA) is 0 Å². The molecule has 0 bridgehead atoms. The first-order chi connectivity index (χ1) is 14.1. The van der Waals surface area contributed by atoms with E-state index in [2.05, 4.69) is 69.0 Å². The molecule has 2 fully saturated rings. The highest BCUT2D eigenvalue weighted by molar-refractivity contribution is 5.25. The monoisotopic (exact) mass is 392 g/mol. The van der Waals surface area contributed by atoms with Gasteiger partial charge in [-0.25, -0.2) is 0 Å². The second kappa shape index (κ2) is 13.6. The summed E-state index contributed by atoms with van der Waals surface area (Å²) >= 11 is 0. The standard InChI is InChI=1S/C22H32.C7H12/c1-17-3-7-19(8-4-17)9-10-20-11-15-22(16-12-20)21-13-5-18(2)6-14-21;1-3-5-7-6-4-2/h5-6,9-10,13-14,17,19-20,22H,3-4,7-8,11-12,15-16H2,1-2H3;3-4,6H,1,5,7H2,2H3/b;6-4+. The van der Waals surface area contributed by atoms with E-state index >= 15 is 0 Å². The van der Waals surface area contributed by atoms with Crippen LogP contribution in [0.5, 0.6) is 0 Å². The lowest BCUT2D eigenvalue weighted by Crippen LogP contribution is -2.13. The molecule has 0 aromatic heterocycles. The third-order valence-corrected chi connectivity index (χ3v) is 6.81. The summed E-state index contributed by atoms with van der Waals surface area (Å²) in [6.07, 6.45) is 24.8. The van der Waals surface area contributed by atoms with Crippen LogP contribution in [0.3, 0.4) is 0 Å². The van der Waals surface area contributed by atoms with Crippen LogP contribution in [-0.2, 0) is 0 Å². The first-order valence-corrected chi connectivity index (χ1v) is 12.1. The molecule has 0 radical (unpaired) electrons. The Balaban J connectivity index is 0.000000370. The van der Waals surface area contributed by atoms with Crippen LogP contribution in [0.1, 0.15) is 95.1 Å². The molecule has 0 unspecified atom stereocenters. The zero-order chi connectivity index (χ0) is 20.9. The highest BCUT2D eigenvalue weighted by atomic mass is 14.3. The molecule has 1 aromatic rings. The van der Waals surface area contributed by atoms with Gasteiger partial charge < -0.3 is 0 Å². The molecular formula is C29H44. The Morgan fingerprint density at radius 3 is 1.90 bits per heavy atom. The average Bonchev–Trinajstić information content (AvgIpc) is 2.75. The lowest BCUT2D eigenvalue weighted by atomic mass is 9.77. The van der Waals surface area contributed by atoms with Crippen LogP contribution in [0, 0.1) is 24.7 Å². The summed E-state index contributed by atoms with van der Waals surface area (Å²) < 4.78 is 0. The zero-order valence-corrected chi connectivity index (χ0v) is 19.3. The summed E-state index contributed by atoms with van der Waals surface area (Å²) in [5.41, 5.74) is 2.94. The van der Waals surface area contributed by atoms with Crippen molar-refractivity contribution in [3.8, 4) is 0 Å². The SMILES string of the molecule is C=CCC/C=C/C.Cc1ccc(C2CCC(C=CC3CCC(C)CC3)CC2)cc1. The van der Waals surface area contributed by atoms with E-state index in [1.54, 1.807) is 5.56 Å². The Kier molecular flexibility index (Phi) is 11.1. The molecule has 2 aliphatic carbocycles. The van der Waals surface area contributed by atoms with Crippen molar-refractivity contribution in [2.45, 2.75) is 90.9 Å². The van der Waals surface area contributed by atoms with Gasteiger partial charge in [0.25, 0.3) is 0 Å². The first-order valence-electron chi connectivity index (χ1n) is 12.1. The molecular weight excluding hydrogens is 348 g/mol. The van der Waals surface area contributed by atoms with Crippen molar-refractivity contribution < 1.29 is 0 Å². The minimum absolute atomic E-state index is 0.806. The van der Waals surface area contributed by atoms with Gasteiger partial charge in [-0.05, 0) is 94.4 Å². The molecule has 2 saturated carbocycles. The van der Waals surface area contributed by atoms with Crippen molar-refractivity contribution in [1.82, 2.24) is 0 Å². The molecule has 0 N–H and O–H groups in total. The summed E-state index contributed by atoms with van der Waals surface area (Å²) in [4.78, 5) is 0. The Hall–Kier alpha value is -1.56. The fraction of sp³-hybridized carbons (Fsp3) is 0.586. The molecule has 0 heteroatoms. The summed E-state index contributed by atoms with van der Waals surface area (Å²) in [6.45, 7) is 10.2. The lowest BCUT2D eigenvalue weighted by molar-refractivity contribution is 0.327. The first kappa shape index (κ1) is 23.7. The predicted octanol–water partition coefficient (Wildman–Crippen LogP) is 9.18. The Morgan fingerprint density at radius 1 is 0.828 bits per heavy atom. The number of unbranched alkanes of at least 4 members (excludes halogenated alkanes) is 1. The number of hydrogen-bond donors (Lipinski definition) is 0. The number of rotatable bonds is 6. The van der Waals surface area contributed by atoms with Crippen LogP contribution in [-0.4, -0.2) is 0 Å². The van der Waals surface area contributed by atoms with Gasteiger partial charge in [-0.1, -0.05) is 80.0 Å². The highest BCUT2D eigenvalue weighted by Crippen LogP contribution is 2.37. The summed E-state index contributed by atoms with van der Waals surface area (Å²) in [7, 11) is 0. The number of benzene rings is 1. The molecule has 29 heavy (non-hydrogen) atoms. The molecule has 0 nitrogen and oxygen atoms in total. The van der Waals surface area contributed by atoms with Gasteiger partial charge in [-0.2, -0.15) is 0 Å². The molecule has 0 atom stereocenters. The Labute approximate surface area is 181 Å². The lowest BCUT2D eigenvalue weighted by Gasteiger charge is -2.28. The van der Waals surface area contributed by atoms with Gasteiger partial charge in [0.05, 0.1) is 0 Å². The summed E-state index contributed by atoms with van der Waals surface area (Å²) in [5, 5.41) is 0. The van der Waals surface area contributed by atoms with E-state index in [0.29, 0.717) is 0 Å². The van der Waals surface area contributed by atoms with Crippen molar-refractivity contribution in [2.75, 3.05) is 0 Å². The van der Waals surface area contributed by atoms with Gasteiger partial charge in [-0.3, -0.25) is 0 Å². The maximum absolute atomic E-state index is 3.60. The van der Waals surface area contributed by atoms with Crippen LogP contribution in [0.15, 0.2) is 61.2 Å². The Bertz CT molecular complexity index is 602. The van der Waals surface area contributed by atoms with E-state index in [-0.39, 0.29) is 0 Å². The maximum Gasteiger partial charge on any atom is -0.0162 e. The minimum atomic E-state index is 0.806. The van der Waals surface area contributed by atoms with E-state index in [9.17, 15) is 0 Å². The molecule has 0 spiro atoms. The fourth-order valence-corrected chi connectivity index (χ4v) is 4.66. The average molecular weight is 393 g/mol. The van der Waals surface area contributed by atoms with Crippen molar-refractivity contribution >= 4 is 0 Å². The van der Waals surface area contributed by atoms with Gasteiger partial charge in [0, 0.05) is 0 Å². The number of aryl methyl sites for hydroxylation is 1. The van der Waals surface area contributed by atoms with Gasteiger partial charge in [-0.15, -0.1) is 6.58 Å². The molecule has 0 amide bonds. The number of hydrogen-bond acceptors (Lipinski definition) is 0. The maximum atomic E-state index is 3.60. The van der Waals surface area contributed by atoms with Gasteiger partial charge in [0.1, 0.15) is 0 Å². The fourth-order valence-electron chi connectivity index (χ4n) is 4.66. The van der Waals surface area contributed by atoms with Gasteiger partial charge >= 0.3 is 0 Å². The van der Waals surface area contributed by atoms with Crippen molar-refractivity contribution in [3.05, 3.63) is 72.4 Å². The molecule has 0 aliphatic heterocycles. The van der Waals surface area contributed by atoms with Crippen LogP contribution >= 0.6 is 0 Å². The second-order valence-corrected chi connectivity index (χ2v) is 9.36. The molecule has 160 valence electrons. The largest absolute Gasteiger partial charge is 0.103 e. The van der Waals surface area contributed by atoms with E-state index in [1.165, 1.54) is 56.9 Å². The third-order valence-electron chi connectivity index (χ3n) is 6.81. The smallest absolute Gasteiger partial charge is 0.0162 e. The highest BCUT2D eigenvalue weighted by Gasteiger charge is 2.21. The molecule has 0 heterocycles. The van der Waals surface area contributed by atoms with Crippen molar-refractivity contribution in [2.24, 2.45) is 17.8 Å². The molecule has 1 aromatic carbocycles. The van der Waals surface area contributed by atoms with E-state index in [1.807, 2.05) is 13.0 Å². The van der Waals surface area contributed by atoms with Gasteiger partial charge in [0.2, 0.25) is 0 Å². The predicted molar refractivity (Wildman–Crippen MR) is 130 cm³/mol. The zero-order valence-electron chi connectivity index (χ0n) is 19.3.